The Bertz CT molecular complexity index is 232. The fraction of sp³-hybridized carbons (Fsp3) is 0.750. The van der Waals surface area contributed by atoms with E-state index in [2.05, 4.69) is 17.5 Å². The number of nitrogens with one attached hydrogen (secondary N) is 1. The fourth-order valence-corrected chi connectivity index (χ4v) is 1.55. The number of rotatable bonds is 4. The SMILES string of the molecule is CC(C)(C)OC(=O)CCNC1CC=CC1. The van der Waals surface area contributed by atoms with E-state index >= 15 is 0 Å². The summed E-state index contributed by atoms with van der Waals surface area (Å²) in [6.45, 7) is 6.37. The first-order valence-electron chi connectivity index (χ1n) is 5.57. The predicted molar refractivity (Wildman–Crippen MR) is 60.6 cm³/mol. The van der Waals surface area contributed by atoms with Crippen LogP contribution in [-0.2, 0) is 9.53 Å². The normalized spacial score (nSPS) is 17.0. The first kappa shape index (κ1) is 12.2. The minimum atomic E-state index is -0.369. The van der Waals surface area contributed by atoms with Crippen LogP contribution in [0, 0.1) is 0 Å². The predicted octanol–water partition coefficient (Wildman–Crippen LogP) is 2.03. The zero-order valence-corrected chi connectivity index (χ0v) is 9.88. The molecule has 0 aromatic rings. The molecule has 0 amide bonds. The molecule has 0 fully saturated rings. The van der Waals surface area contributed by atoms with E-state index in [-0.39, 0.29) is 11.6 Å². The van der Waals surface area contributed by atoms with Gasteiger partial charge in [-0.25, -0.2) is 0 Å². The van der Waals surface area contributed by atoms with Crippen LogP contribution in [0.5, 0.6) is 0 Å². The lowest BCUT2D eigenvalue weighted by atomic mass is 10.2. The van der Waals surface area contributed by atoms with Gasteiger partial charge < -0.3 is 10.1 Å². The Morgan fingerprint density at radius 3 is 2.53 bits per heavy atom. The van der Waals surface area contributed by atoms with Crippen LogP contribution in [-0.4, -0.2) is 24.2 Å². The highest BCUT2D eigenvalue weighted by atomic mass is 16.6. The summed E-state index contributed by atoms with van der Waals surface area (Å²) in [7, 11) is 0. The summed E-state index contributed by atoms with van der Waals surface area (Å²) in [6, 6.07) is 0.521. The summed E-state index contributed by atoms with van der Waals surface area (Å²) in [5.74, 6) is -0.124. The molecule has 0 radical (unpaired) electrons. The summed E-state index contributed by atoms with van der Waals surface area (Å²) in [5.41, 5.74) is -0.369. The van der Waals surface area contributed by atoms with Crippen LogP contribution >= 0.6 is 0 Å². The molecule has 0 heterocycles. The van der Waals surface area contributed by atoms with Gasteiger partial charge in [0.2, 0.25) is 0 Å². The first-order chi connectivity index (χ1) is 6.97. The Hall–Kier alpha value is -0.830. The summed E-state index contributed by atoms with van der Waals surface area (Å²) in [6.07, 6.45) is 6.95. The van der Waals surface area contributed by atoms with Gasteiger partial charge >= 0.3 is 5.97 Å². The van der Waals surface area contributed by atoms with Crippen LogP contribution in [0.4, 0.5) is 0 Å². The van der Waals surface area contributed by atoms with E-state index in [1.165, 1.54) is 0 Å². The van der Waals surface area contributed by atoms with Gasteiger partial charge in [0.1, 0.15) is 5.60 Å². The number of ether oxygens (including phenoxy) is 1. The van der Waals surface area contributed by atoms with Gasteiger partial charge in [-0.05, 0) is 33.6 Å². The van der Waals surface area contributed by atoms with E-state index in [0.29, 0.717) is 19.0 Å². The molecule has 1 aliphatic rings. The van der Waals surface area contributed by atoms with Gasteiger partial charge in [-0.15, -0.1) is 0 Å². The average Bonchev–Trinajstić information content (AvgIpc) is 2.53. The standard InChI is InChI=1S/C12H21NO2/c1-12(2,3)15-11(14)8-9-13-10-6-4-5-7-10/h4-5,10,13H,6-9H2,1-3H3. The van der Waals surface area contributed by atoms with Gasteiger partial charge in [0.05, 0.1) is 6.42 Å². The monoisotopic (exact) mass is 211 g/mol. The van der Waals surface area contributed by atoms with Crippen LogP contribution in [0.15, 0.2) is 12.2 Å². The van der Waals surface area contributed by atoms with E-state index in [1.54, 1.807) is 0 Å². The maximum absolute atomic E-state index is 11.4. The van der Waals surface area contributed by atoms with Crippen molar-refractivity contribution in [2.75, 3.05) is 6.54 Å². The molecule has 0 spiro atoms. The van der Waals surface area contributed by atoms with Crippen molar-refractivity contribution in [1.29, 1.82) is 0 Å². The van der Waals surface area contributed by atoms with E-state index in [0.717, 1.165) is 12.8 Å². The molecule has 1 aliphatic carbocycles. The molecule has 15 heavy (non-hydrogen) atoms. The molecule has 1 N–H and O–H groups in total. The molecule has 0 aliphatic heterocycles. The minimum absolute atomic E-state index is 0.124. The van der Waals surface area contributed by atoms with Crippen molar-refractivity contribution >= 4 is 5.97 Å². The summed E-state index contributed by atoms with van der Waals surface area (Å²) < 4.78 is 5.21. The molecule has 0 aromatic heterocycles. The fourth-order valence-electron chi connectivity index (χ4n) is 1.55. The van der Waals surface area contributed by atoms with Crippen LogP contribution in [0.1, 0.15) is 40.0 Å². The molecule has 3 heteroatoms. The van der Waals surface area contributed by atoms with Crippen LogP contribution < -0.4 is 5.32 Å². The lowest BCUT2D eigenvalue weighted by Crippen LogP contribution is -2.31. The highest BCUT2D eigenvalue weighted by Gasteiger charge is 2.16. The molecular weight excluding hydrogens is 190 g/mol. The number of carbonyl (C=O) groups excluding carboxylic acids is 1. The topological polar surface area (TPSA) is 38.3 Å². The Morgan fingerprint density at radius 2 is 2.00 bits per heavy atom. The molecule has 0 saturated carbocycles. The highest BCUT2D eigenvalue weighted by Crippen LogP contribution is 2.10. The molecule has 0 atom stereocenters. The molecule has 1 rings (SSSR count). The summed E-state index contributed by atoms with van der Waals surface area (Å²) >= 11 is 0. The molecule has 86 valence electrons. The van der Waals surface area contributed by atoms with Gasteiger partial charge in [-0.2, -0.15) is 0 Å². The van der Waals surface area contributed by atoms with E-state index < -0.39 is 0 Å². The van der Waals surface area contributed by atoms with E-state index in [4.69, 9.17) is 4.74 Å². The zero-order chi connectivity index (χ0) is 11.3. The molecule has 0 aromatic carbocycles. The lowest BCUT2D eigenvalue weighted by molar-refractivity contribution is -0.154. The molecule has 0 saturated heterocycles. The van der Waals surface area contributed by atoms with Gasteiger partial charge in [0.15, 0.2) is 0 Å². The molecule has 0 unspecified atom stereocenters. The van der Waals surface area contributed by atoms with Crippen LogP contribution in [0.25, 0.3) is 0 Å². The van der Waals surface area contributed by atoms with Crippen molar-refractivity contribution < 1.29 is 9.53 Å². The van der Waals surface area contributed by atoms with Gasteiger partial charge in [-0.3, -0.25) is 4.79 Å². The van der Waals surface area contributed by atoms with Gasteiger partial charge in [-0.1, -0.05) is 12.2 Å². The molecular formula is C12H21NO2. The third-order valence-electron chi connectivity index (χ3n) is 2.19. The van der Waals surface area contributed by atoms with Gasteiger partial charge in [0, 0.05) is 12.6 Å². The van der Waals surface area contributed by atoms with Crippen molar-refractivity contribution in [3.05, 3.63) is 12.2 Å². The van der Waals surface area contributed by atoms with E-state index in [1.807, 2.05) is 20.8 Å². The summed E-state index contributed by atoms with van der Waals surface area (Å²) in [4.78, 5) is 11.4. The van der Waals surface area contributed by atoms with Crippen molar-refractivity contribution in [3.63, 3.8) is 0 Å². The maximum Gasteiger partial charge on any atom is 0.307 e. The Kier molecular flexibility index (Phi) is 4.33. The van der Waals surface area contributed by atoms with Crippen LogP contribution in [0.3, 0.4) is 0 Å². The minimum Gasteiger partial charge on any atom is -0.460 e. The quantitative estimate of drug-likeness (QED) is 0.571. The van der Waals surface area contributed by atoms with Crippen molar-refractivity contribution in [2.24, 2.45) is 0 Å². The third kappa shape index (κ3) is 5.57. The average molecular weight is 211 g/mol. The second-order valence-corrected chi connectivity index (χ2v) is 4.93. The smallest absolute Gasteiger partial charge is 0.307 e. The lowest BCUT2D eigenvalue weighted by Gasteiger charge is -2.20. The largest absolute Gasteiger partial charge is 0.460 e. The maximum atomic E-state index is 11.4. The Balaban J connectivity index is 2.07. The van der Waals surface area contributed by atoms with E-state index in [9.17, 15) is 4.79 Å². The van der Waals surface area contributed by atoms with Gasteiger partial charge in [0.25, 0.3) is 0 Å². The van der Waals surface area contributed by atoms with Crippen molar-refractivity contribution in [2.45, 2.75) is 51.7 Å². The van der Waals surface area contributed by atoms with Crippen molar-refractivity contribution in [3.8, 4) is 0 Å². The number of esters is 1. The number of carbonyl (C=O) groups is 1. The first-order valence-corrected chi connectivity index (χ1v) is 5.57. The second-order valence-electron chi connectivity index (χ2n) is 4.93. The molecule has 0 bridgehead atoms. The number of hydrogen-bond donors (Lipinski definition) is 1. The second kappa shape index (κ2) is 5.31. The van der Waals surface area contributed by atoms with Crippen molar-refractivity contribution in [1.82, 2.24) is 5.32 Å². The Labute approximate surface area is 91.9 Å². The molecule has 3 nitrogen and oxygen atoms in total. The number of hydrogen-bond acceptors (Lipinski definition) is 3. The van der Waals surface area contributed by atoms with Crippen LogP contribution in [0.2, 0.25) is 0 Å². The third-order valence-corrected chi connectivity index (χ3v) is 2.19. The Morgan fingerprint density at radius 1 is 1.40 bits per heavy atom. The highest BCUT2D eigenvalue weighted by molar-refractivity contribution is 5.70. The summed E-state index contributed by atoms with van der Waals surface area (Å²) in [5, 5.41) is 3.33. The zero-order valence-electron chi connectivity index (χ0n) is 9.88.